The molecule has 1 aromatic heterocycles. The molecule has 3 heteroatoms. The van der Waals surface area contributed by atoms with Gasteiger partial charge in [0.25, 0.3) is 0 Å². The second-order valence-corrected chi connectivity index (χ2v) is 4.50. The maximum atomic E-state index is 4.34. The Balaban J connectivity index is 2.60. The van der Waals surface area contributed by atoms with Crippen LogP contribution < -0.4 is 5.32 Å². The summed E-state index contributed by atoms with van der Waals surface area (Å²) in [5.41, 5.74) is 2.35. The summed E-state index contributed by atoms with van der Waals surface area (Å²) in [6.45, 7) is 4.10. The summed E-state index contributed by atoms with van der Waals surface area (Å²) >= 11 is 4.34. The lowest BCUT2D eigenvalue weighted by Gasteiger charge is -2.13. The van der Waals surface area contributed by atoms with Gasteiger partial charge in [-0.2, -0.15) is 12.6 Å². The van der Waals surface area contributed by atoms with Gasteiger partial charge in [0.1, 0.15) is 0 Å². The van der Waals surface area contributed by atoms with Crippen molar-refractivity contribution in [3.05, 3.63) is 36.2 Å². The maximum absolute atomic E-state index is 4.34. The van der Waals surface area contributed by atoms with E-state index in [-0.39, 0.29) is 5.37 Å². The van der Waals surface area contributed by atoms with Crippen LogP contribution in [0.15, 0.2) is 30.6 Å². The highest BCUT2D eigenvalue weighted by atomic mass is 32.1. The Morgan fingerprint density at radius 3 is 2.93 bits per heavy atom. The van der Waals surface area contributed by atoms with Crippen LogP contribution >= 0.6 is 12.6 Å². The van der Waals surface area contributed by atoms with Crippen LogP contribution in [0.3, 0.4) is 0 Å². The molecule has 0 radical (unpaired) electrons. The fourth-order valence-corrected chi connectivity index (χ4v) is 1.84. The SMILES string of the molecule is Cc1cc(NC(C)S)c2ccncc2c1. The number of nitrogens with one attached hydrogen (secondary N) is 1. The molecule has 15 heavy (non-hydrogen) atoms. The molecule has 2 rings (SSSR count). The Labute approximate surface area is 95.1 Å². The van der Waals surface area contributed by atoms with Gasteiger partial charge in [-0.3, -0.25) is 4.98 Å². The van der Waals surface area contributed by atoms with Crippen LogP contribution in [0.25, 0.3) is 10.8 Å². The molecule has 0 bridgehead atoms. The minimum Gasteiger partial charge on any atom is -0.373 e. The van der Waals surface area contributed by atoms with Crippen LogP contribution in [-0.2, 0) is 0 Å². The lowest BCUT2D eigenvalue weighted by molar-refractivity contribution is 1.14. The Kier molecular flexibility index (Phi) is 2.82. The standard InChI is InChI=1S/C12H14N2S/c1-8-5-10-7-13-4-3-11(10)12(6-8)14-9(2)15/h3-7,9,14-15H,1-2H3. The third kappa shape index (κ3) is 2.23. The van der Waals surface area contributed by atoms with E-state index in [0.29, 0.717) is 0 Å². The molecule has 0 spiro atoms. The summed E-state index contributed by atoms with van der Waals surface area (Å²) < 4.78 is 0. The molecule has 78 valence electrons. The number of benzene rings is 1. The topological polar surface area (TPSA) is 24.9 Å². The number of nitrogens with zero attached hydrogens (tertiary/aromatic N) is 1. The summed E-state index contributed by atoms with van der Waals surface area (Å²) in [4.78, 5) is 4.13. The van der Waals surface area contributed by atoms with Crippen LogP contribution in [0, 0.1) is 6.92 Å². The quantitative estimate of drug-likeness (QED) is 0.597. The Bertz CT molecular complexity index is 480. The van der Waals surface area contributed by atoms with Crippen LogP contribution in [0.2, 0.25) is 0 Å². The average molecular weight is 218 g/mol. The van der Waals surface area contributed by atoms with Crippen molar-refractivity contribution in [1.82, 2.24) is 4.98 Å². The van der Waals surface area contributed by atoms with Crippen LogP contribution in [0.1, 0.15) is 12.5 Å². The predicted octanol–water partition coefficient (Wildman–Crippen LogP) is 3.23. The Morgan fingerprint density at radius 2 is 2.20 bits per heavy atom. The average Bonchev–Trinajstić information content (AvgIpc) is 2.16. The molecule has 1 aromatic carbocycles. The first-order valence-corrected chi connectivity index (χ1v) is 5.47. The molecule has 0 aliphatic carbocycles. The van der Waals surface area contributed by atoms with E-state index in [1.165, 1.54) is 10.9 Å². The van der Waals surface area contributed by atoms with Crippen molar-refractivity contribution in [3.8, 4) is 0 Å². The third-order valence-corrected chi connectivity index (χ3v) is 2.39. The molecule has 1 N–H and O–H groups in total. The van der Waals surface area contributed by atoms with E-state index in [0.717, 1.165) is 11.1 Å². The number of hydrogen-bond donors (Lipinski definition) is 2. The first-order valence-electron chi connectivity index (χ1n) is 4.96. The molecular weight excluding hydrogens is 204 g/mol. The molecule has 1 atom stereocenters. The van der Waals surface area contributed by atoms with Gasteiger partial charge in [-0.05, 0) is 37.6 Å². The number of pyridine rings is 1. The summed E-state index contributed by atoms with van der Waals surface area (Å²) in [7, 11) is 0. The van der Waals surface area contributed by atoms with E-state index in [1.54, 1.807) is 0 Å². The first kappa shape index (κ1) is 10.3. The molecule has 0 saturated carbocycles. The number of aromatic nitrogens is 1. The number of aryl methyl sites for hydroxylation is 1. The zero-order chi connectivity index (χ0) is 10.8. The third-order valence-electron chi connectivity index (χ3n) is 2.26. The van der Waals surface area contributed by atoms with Crippen LogP contribution in [-0.4, -0.2) is 10.4 Å². The minimum absolute atomic E-state index is 0.142. The van der Waals surface area contributed by atoms with Crippen molar-refractivity contribution in [1.29, 1.82) is 0 Å². The molecule has 1 unspecified atom stereocenters. The van der Waals surface area contributed by atoms with Crippen LogP contribution in [0.4, 0.5) is 5.69 Å². The van der Waals surface area contributed by atoms with Crippen LogP contribution in [0.5, 0.6) is 0 Å². The van der Waals surface area contributed by atoms with Crippen molar-refractivity contribution in [2.24, 2.45) is 0 Å². The van der Waals surface area contributed by atoms with Crippen molar-refractivity contribution >= 4 is 29.1 Å². The minimum atomic E-state index is 0.142. The number of hydrogen-bond acceptors (Lipinski definition) is 3. The van der Waals surface area contributed by atoms with Gasteiger partial charge in [0.05, 0.1) is 5.37 Å². The number of fused-ring (bicyclic) bond motifs is 1. The molecular formula is C12H14N2S. The monoisotopic (exact) mass is 218 g/mol. The molecule has 0 fully saturated rings. The fourth-order valence-electron chi connectivity index (χ4n) is 1.70. The van der Waals surface area contributed by atoms with E-state index < -0.39 is 0 Å². The van der Waals surface area contributed by atoms with E-state index in [9.17, 15) is 0 Å². The van der Waals surface area contributed by atoms with Crippen molar-refractivity contribution < 1.29 is 0 Å². The van der Waals surface area contributed by atoms with Gasteiger partial charge in [0.15, 0.2) is 0 Å². The Hall–Kier alpha value is -1.22. The molecule has 2 aromatic rings. The van der Waals surface area contributed by atoms with Gasteiger partial charge in [-0.25, -0.2) is 0 Å². The van der Waals surface area contributed by atoms with Crippen molar-refractivity contribution in [3.63, 3.8) is 0 Å². The number of anilines is 1. The molecule has 1 heterocycles. The highest BCUT2D eigenvalue weighted by Gasteiger charge is 2.03. The summed E-state index contributed by atoms with van der Waals surface area (Å²) in [6.07, 6.45) is 3.70. The lowest BCUT2D eigenvalue weighted by atomic mass is 10.1. The highest BCUT2D eigenvalue weighted by Crippen LogP contribution is 2.25. The normalized spacial score (nSPS) is 12.7. The zero-order valence-corrected chi connectivity index (χ0v) is 9.75. The maximum Gasteiger partial charge on any atom is 0.0665 e. The molecule has 0 amide bonds. The van der Waals surface area contributed by atoms with Gasteiger partial charge in [0, 0.05) is 28.9 Å². The molecule has 0 saturated heterocycles. The van der Waals surface area contributed by atoms with Crippen molar-refractivity contribution in [2.75, 3.05) is 5.32 Å². The van der Waals surface area contributed by atoms with E-state index in [1.807, 2.05) is 25.4 Å². The van der Waals surface area contributed by atoms with Gasteiger partial charge >= 0.3 is 0 Å². The molecule has 0 aliphatic rings. The number of rotatable bonds is 2. The summed E-state index contributed by atoms with van der Waals surface area (Å²) in [6, 6.07) is 6.29. The summed E-state index contributed by atoms with van der Waals surface area (Å²) in [5.74, 6) is 0. The Morgan fingerprint density at radius 1 is 1.40 bits per heavy atom. The second-order valence-electron chi connectivity index (χ2n) is 3.73. The highest BCUT2D eigenvalue weighted by molar-refractivity contribution is 7.81. The van der Waals surface area contributed by atoms with Gasteiger partial charge < -0.3 is 5.32 Å². The zero-order valence-electron chi connectivity index (χ0n) is 8.86. The summed E-state index contributed by atoms with van der Waals surface area (Å²) in [5, 5.41) is 5.82. The predicted molar refractivity (Wildman–Crippen MR) is 68.6 cm³/mol. The first-order chi connectivity index (χ1) is 7.16. The molecule has 2 nitrogen and oxygen atoms in total. The van der Waals surface area contributed by atoms with E-state index in [2.05, 4.69) is 42.0 Å². The van der Waals surface area contributed by atoms with Gasteiger partial charge in [0.2, 0.25) is 0 Å². The van der Waals surface area contributed by atoms with E-state index >= 15 is 0 Å². The van der Waals surface area contributed by atoms with Crippen molar-refractivity contribution in [2.45, 2.75) is 19.2 Å². The largest absolute Gasteiger partial charge is 0.373 e. The smallest absolute Gasteiger partial charge is 0.0665 e. The van der Waals surface area contributed by atoms with Gasteiger partial charge in [-0.15, -0.1) is 0 Å². The second kappa shape index (κ2) is 4.11. The lowest BCUT2D eigenvalue weighted by Crippen LogP contribution is -2.07. The van der Waals surface area contributed by atoms with Gasteiger partial charge in [-0.1, -0.05) is 0 Å². The molecule has 0 aliphatic heterocycles. The fraction of sp³-hybridized carbons (Fsp3) is 0.250. The number of thiol groups is 1. The van der Waals surface area contributed by atoms with E-state index in [4.69, 9.17) is 0 Å².